The van der Waals surface area contributed by atoms with Crippen LogP contribution in [0.5, 0.6) is 5.75 Å². The highest BCUT2D eigenvalue weighted by Gasteiger charge is 2.06. The van der Waals surface area contributed by atoms with Crippen LogP contribution in [0.15, 0.2) is 47.5 Å². The summed E-state index contributed by atoms with van der Waals surface area (Å²) in [6, 6.07) is 7.65. The molecule has 0 N–H and O–H groups in total. The highest BCUT2D eigenvalue weighted by atomic mass is 16.5. The van der Waals surface area contributed by atoms with Gasteiger partial charge < -0.3 is 9.15 Å². The lowest BCUT2D eigenvalue weighted by Gasteiger charge is -1.99. The monoisotopic (exact) mass is 229 g/mol. The van der Waals surface area contributed by atoms with Crippen molar-refractivity contribution in [2.24, 2.45) is 0 Å². The van der Waals surface area contributed by atoms with Gasteiger partial charge in [-0.15, -0.1) is 6.58 Å². The third-order valence-electron chi connectivity index (χ3n) is 2.49. The first-order valence-corrected chi connectivity index (χ1v) is 5.53. The summed E-state index contributed by atoms with van der Waals surface area (Å²) < 4.78 is 10.7. The summed E-state index contributed by atoms with van der Waals surface area (Å²) in [5, 5.41) is 0. The minimum absolute atomic E-state index is 0.645. The summed E-state index contributed by atoms with van der Waals surface area (Å²) in [7, 11) is 1.65. The highest BCUT2D eigenvalue weighted by molar-refractivity contribution is 5.54. The first-order valence-electron chi connectivity index (χ1n) is 5.53. The van der Waals surface area contributed by atoms with Gasteiger partial charge in [-0.05, 0) is 30.7 Å². The second-order valence-electron chi connectivity index (χ2n) is 3.69. The van der Waals surface area contributed by atoms with E-state index in [0.717, 1.165) is 29.9 Å². The smallest absolute Gasteiger partial charge is 0.226 e. The lowest BCUT2D eigenvalue weighted by molar-refractivity contribution is 0.415. The van der Waals surface area contributed by atoms with Crippen LogP contribution in [0.25, 0.3) is 11.5 Å². The molecule has 1 aromatic carbocycles. The molecule has 0 saturated carbocycles. The summed E-state index contributed by atoms with van der Waals surface area (Å²) in [6.45, 7) is 3.68. The number of aryl methyl sites for hydroxylation is 1. The molecule has 1 heterocycles. The minimum Gasteiger partial charge on any atom is -0.497 e. The Hall–Kier alpha value is -2.03. The molecule has 2 aromatic rings. The number of allylic oxidation sites excluding steroid dienone is 1. The lowest BCUT2D eigenvalue weighted by atomic mass is 10.2. The summed E-state index contributed by atoms with van der Waals surface area (Å²) in [5.74, 6) is 2.36. The van der Waals surface area contributed by atoms with E-state index in [1.165, 1.54) is 0 Å². The number of nitrogens with zero attached hydrogens (tertiary/aromatic N) is 1. The van der Waals surface area contributed by atoms with Gasteiger partial charge in [-0.25, -0.2) is 4.98 Å². The van der Waals surface area contributed by atoms with Gasteiger partial charge in [0.15, 0.2) is 0 Å². The van der Waals surface area contributed by atoms with E-state index in [9.17, 15) is 0 Å². The molecule has 0 bridgehead atoms. The van der Waals surface area contributed by atoms with E-state index < -0.39 is 0 Å². The molecule has 17 heavy (non-hydrogen) atoms. The molecular formula is C14H15NO2. The number of benzene rings is 1. The molecule has 0 atom stereocenters. The quantitative estimate of drug-likeness (QED) is 0.736. The number of ether oxygens (including phenoxy) is 1. The zero-order valence-electron chi connectivity index (χ0n) is 9.85. The topological polar surface area (TPSA) is 35.3 Å². The maximum absolute atomic E-state index is 5.65. The zero-order valence-corrected chi connectivity index (χ0v) is 9.85. The third-order valence-corrected chi connectivity index (χ3v) is 2.49. The van der Waals surface area contributed by atoms with Crippen LogP contribution in [0, 0.1) is 0 Å². The van der Waals surface area contributed by atoms with Crippen LogP contribution in [0.3, 0.4) is 0 Å². The van der Waals surface area contributed by atoms with Gasteiger partial charge in [0.2, 0.25) is 5.89 Å². The maximum atomic E-state index is 5.65. The Morgan fingerprint density at radius 3 is 2.76 bits per heavy atom. The first kappa shape index (κ1) is 11.5. The number of hydrogen-bond donors (Lipinski definition) is 0. The summed E-state index contributed by atoms with van der Waals surface area (Å²) in [4.78, 5) is 4.25. The zero-order chi connectivity index (χ0) is 12.1. The minimum atomic E-state index is 0.645. The molecule has 3 nitrogen and oxygen atoms in total. The summed E-state index contributed by atoms with van der Waals surface area (Å²) in [6.07, 6.45) is 5.38. The van der Waals surface area contributed by atoms with Crippen molar-refractivity contribution in [3.8, 4) is 17.2 Å². The van der Waals surface area contributed by atoms with E-state index in [0.29, 0.717) is 5.89 Å². The van der Waals surface area contributed by atoms with Crippen molar-refractivity contribution in [3.63, 3.8) is 0 Å². The lowest BCUT2D eigenvalue weighted by Crippen LogP contribution is -1.82. The summed E-state index contributed by atoms with van der Waals surface area (Å²) >= 11 is 0. The van der Waals surface area contributed by atoms with Gasteiger partial charge in [-0.1, -0.05) is 6.08 Å². The van der Waals surface area contributed by atoms with Gasteiger partial charge in [0, 0.05) is 12.0 Å². The Bertz CT molecular complexity index is 485. The fourth-order valence-electron chi connectivity index (χ4n) is 1.53. The summed E-state index contributed by atoms with van der Waals surface area (Å²) in [5.41, 5.74) is 0.954. The number of aromatic nitrogens is 1. The van der Waals surface area contributed by atoms with E-state index in [1.54, 1.807) is 13.3 Å². The van der Waals surface area contributed by atoms with Crippen molar-refractivity contribution in [1.82, 2.24) is 4.98 Å². The molecule has 0 fully saturated rings. The van der Waals surface area contributed by atoms with Gasteiger partial charge in [0.25, 0.3) is 0 Å². The van der Waals surface area contributed by atoms with Gasteiger partial charge in [0.05, 0.1) is 13.3 Å². The van der Waals surface area contributed by atoms with E-state index in [-0.39, 0.29) is 0 Å². The molecule has 0 aliphatic rings. The number of rotatable bonds is 5. The Morgan fingerprint density at radius 2 is 2.12 bits per heavy atom. The van der Waals surface area contributed by atoms with E-state index in [1.807, 2.05) is 30.3 Å². The van der Waals surface area contributed by atoms with E-state index in [2.05, 4.69) is 11.6 Å². The molecule has 0 radical (unpaired) electrons. The van der Waals surface area contributed by atoms with Crippen LogP contribution in [0.2, 0.25) is 0 Å². The number of hydrogen-bond acceptors (Lipinski definition) is 3. The first-order chi connectivity index (χ1) is 8.33. The number of oxazole rings is 1. The molecule has 0 saturated heterocycles. The van der Waals surface area contributed by atoms with Crippen LogP contribution in [0.1, 0.15) is 12.2 Å². The standard InChI is InChI=1S/C14H15NO2/c1-3-4-5-13-10-15-14(17-13)11-6-8-12(16-2)9-7-11/h3,6-10H,1,4-5H2,2H3. The van der Waals surface area contributed by atoms with Gasteiger partial charge in [0.1, 0.15) is 11.5 Å². The van der Waals surface area contributed by atoms with E-state index in [4.69, 9.17) is 9.15 Å². The fourth-order valence-corrected chi connectivity index (χ4v) is 1.53. The third kappa shape index (κ3) is 2.75. The predicted octanol–water partition coefficient (Wildman–Crippen LogP) is 3.47. The van der Waals surface area contributed by atoms with E-state index >= 15 is 0 Å². The second kappa shape index (κ2) is 5.34. The normalized spacial score (nSPS) is 10.2. The molecule has 0 unspecified atom stereocenters. The van der Waals surface area contributed by atoms with Crippen LogP contribution in [-0.4, -0.2) is 12.1 Å². The van der Waals surface area contributed by atoms with Crippen molar-refractivity contribution in [3.05, 3.63) is 48.9 Å². The molecule has 0 spiro atoms. The van der Waals surface area contributed by atoms with Crippen LogP contribution in [-0.2, 0) is 6.42 Å². The Balaban J connectivity index is 2.15. The Labute approximate surface area is 101 Å². The largest absolute Gasteiger partial charge is 0.497 e. The average Bonchev–Trinajstić information content (AvgIpc) is 2.85. The van der Waals surface area contributed by atoms with Crippen molar-refractivity contribution >= 4 is 0 Å². The fraction of sp³-hybridized carbons (Fsp3) is 0.214. The molecule has 1 aromatic heterocycles. The highest BCUT2D eigenvalue weighted by Crippen LogP contribution is 2.22. The SMILES string of the molecule is C=CCCc1cnc(-c2ccc(OC)cc2)o1. The average molecular weight is 229 g/mol. The van der Waals surface area contributed by atoms with Crippen LogP contribution in [0.4, 0.5) is 0 Å². The van der Waals surface area contributed by atoms with Gasteiger partial charge in [-0.3, -0.25) is 0 Å². The maximum Gasteiger partial charge on any atom is 0.226 e. The van der Waals surface area contributed by atoms with Gasteiger partial charge in [-0.2, -0.15) is 0 Å². The van der Waals surface area contributed by atoms with Crippen molar-refractivity contribution in [2.75, 3.05) is 7.11 Å². The predicted molar refractivity (Wildman–Crippen MR) is 67.0 cm³/mol. The molecule has 2 rings (SSSR count). The van der Waals surface area contributed by atoms with Crippen LogP contribution < -0.4 is 4.74 Å². The Morgan fingerprint density at radius 1 is 1.35 bits per heavy atom. The molecule has 88 valence electrons. The molecule has 0 aliphatic heterocycles. The van der Waals surface area contributed by atoms with Crippen molar-refractivity contribution in [1.29, 1.82) is 0 Å². The molecular weight excluding hydrogens is 214 g/mol. The van der Waals surface area contributed by atoms with Crippen LogP contribution >= 0.6 is 0 Å². The van der Waals surface area contributed by atoms with Crippen molar-refractivity contribution in [2.45, 2.75) is 12.8 Å². The molecule has 0 amide bonds. The Kier molecular flexibility index (Phi) is 3.60. The van der Waals surface area contributed by atoms with Crippen molar-refractivity contribution < 1.29 is 9.15 Å². The molecule has 3 heteroatoms. The molecule has 0 aliphatic carbocycles. The number of methoxy groups -OCH3 is 1. The van der Waals surface area contributed by atoms with Gasteiger partial charge >= 0.3 is 0 Å². The second-order valence-corrected chi connectivity index (χ2v) is 3.69.